The van der Waals surface area contributed by atoms with Crippen molar-refractivity contribution in [2.24, 2.45) is 34.5 Å². The van der Waals surface area contributed by atoms with Gasteiger partial charge in [-0.3, -0.25) is 0 Å². The Balaban J connectivity index is 1.31. The predicted octanol–water partition coefficient (Wildman–Crippen LogP) is 5.06. The normalized spacial score (nSPS) is 42.5. The number of imidazole rings is 1. The van der Waals surface area contributed by atoms with E-state index in [1.807, 2.05) is 19.4 Å². The molecule has 4 aliphatic rings. The zero-order valence-electron chi connectivity index (χ0n) is 18.9. The van der Waals surface area contributed by atoms with Gasteiger partial charge in [0.15, 0.2) is 0 Å². The van der Waals surface area contributed by atoms with Crippen LogP contribution in [0.3, 0.4) is 0 Å². The minimum Gasteiger partial charge on any atom is -0.338 e. The number of allylic oxidation sites excluding steroid dienone is 2. The van der Waals surface area contributed by atoms with Crippen molar-refractivity contribution in [2.45, 2.75) is 78.2 Å². The summed E-state index contributed by atoms with van der Waals surface area (Å²) >= 11 is 0. The second kappa shape index (κ2) is 7.42. The Hall–Kier alpha value is -1.78. The van der Waals surface area contributed by atoms with Crippen LogP contribution in [0.25, 0.3) is 5.70 Å². The van der Waals surface area contributed by atoms with Gasteiger partial charge in [0.05, 0.1) is 6.33 Å². The summed E-state index contributed by atoms with van der Waals surface area (Å²) in [6.45, 7) is 7.79. The van der Waals surface area contributed by atoms with E-state index in [0.717, 1.165) is 36.5 Å². The Bertz CT molecular complexity index is 817. The molecule has 2 N–H and O–H groups in total. The fourth-order valence-corrected chi connectivity index (χ4v) is 8.13. The van der Waals surface area contributed by atoms with Crippen LogP contribution in [-0.4, -0.2) is 28.2 Å². The number of nitrogens with one attached hydrogen (secondary N) is 2. The van der Waals surface area contributed by atoms with Crippen molar-refractivity contribution >= 4 is 11.7 Å². The molecule has 2 amide bonds. The molecule has 164 valence electrons. The van der Waals surface area contributed by atoms with Crippen molar-refractivity contribution in [3.63, 3.8) is 0 Å². The molecular formula is C25H38N4O. The first kappa shape index (κ1) is 20.1. The number of carbonyl (C=O) groups excluding carboxylic acids is 1. The molecule has 4 aliphatic carbocycles. The van der Waals surface area contributed by atoms with E-state index in [-0.39, 0.29) is 6.03 Å². The van der Waals surface area contributed by atoms with Gasteiger partial charge in [0.25, 0.3) is 0 Å². The lowest BCUT2D eigenvalue weighted by atomic mass is 9.45. The number of hydrogen-bond donors (Lipinski definition) is 2. The fraction of sp³-hybridized carbons (Fsp3) is 0.760. The molecule has 7 atom stereocenters. The lowest BCUT2D eigenvalue weighted by Crippen LogP contribution is -2.55. The Morgan fingerprint density at radius 1 is 1.20 bits per heavy atom. The number of rotatable bonds is 3. The van der Waals surface area contributed by atoms with E-state index >= 15 is 0 Å². The van der Waals surface area contributed by atoms with Crippen molar-refractivity contribution in [2.75, 3.05) is 6.54 Å². The van der Waals surface area contributed by atoms with Gasteiger partial charge < -0.3 is 15.2 Å². The molecule has 3 fully saturated rings. The molecule has 1 aromatic rings. The van der Waals surface area contributed by atoms with Crippen molar-refractivity contribution < 1.29 is 4.79 Å². The van der Waals surface area contributed by atoms with Gasteiger partial charge in [-0.2, -0.15) is 0 Å². The average molecular weight is 411 g/mol. The van der Waals surface area contributed by atoms with Gasteiger partial charge in [0.2, 0.25) is 0 Å². The van der Waals surface area contributed by atoms with Gasteiger partial charge in [0, 0.05) is 36.1 Å². The summed E-state index contributed by atoms with van der Waals surface area (Å²) in [5.74, 6) is 3.22. The zero-order chi connectivity index (χ0) is 20.9. The topological polar surface area (TPSA) is 59.0 Å². The van der Waals surface area contributed by atoms with Gasteiger partial charge in [-0.25, -0.2) is 9.78 Å². The van der Waals surface area contributed by atoms with Crippen LogP contribution in [0.15, 0.2) is 24.8 Å². The summed E-state index contributed by atoms with van der Waals surface area (Å²) in [7, 11) is 0. The fourth-order valence-electron chi connectivity index (χ4n) is 8.13. The van der Waals surface area contributed by atoms with Gasteiger partial charge in [-0.15, -0.1) is 0 Å². The van der Waals surface area contributed by atoms with Crippen LogP contribution in [0.2, 0.25) is 0 Å². The van der Waals surface area contributed by atoms with Crippen LogP contribution >= 0.6 is 0 Å². The number of hydrogen-bond acceptors (Lipinski definition) is 2. The molecule has 0 aliphatic heterocycles. The maximum absolute atomic E-state index is 12.0. The molecule has 30 heavy (non-hydrogen) atoms. The summed E-state index contributed by atoms with van der Waals surface area (Å²) in [5, 5.41) is 6.14. The lowest BCUT2D eigenvalue weighted by molar-refractivity contribution is -0.0999. The molecule has 0 saturated heterocycles. The van der Waals surface area contributed by atoms with Crippen molar-refractivity contribution in [1.82, 2.24) is 20.2 Å². The molecule has 5 heteroatoms. The molecule has 1 heterocycles. The monoisotopic (exact) mass is 410 g/mol. The maximum atomic E-state index is 12.0. The van der Waals surface area contributed by atoms with Gasteiger partial charge >= 0.3 is 6.03 Å². The highest BCUT2D eigenvalue weighted by molar-refractivity contribution is 5.74. The maximum Gasteiger partial charge on any atom is 0.314 e. The van der Waals surface area contributed by atoms with E-state index in [9.17, 15) is 4.79 Å². The summed E-state index contributed by atoms with van der Waals surface area (Å²) in [6, 6.07) is 0.360. The van der Waals surface area contributed by atoms with E-state index in [0.29, 0.717) is 23.4 Å². The van der Waals surface area contributed by atoms with E-state index < -0.39 is 0 Å². The minimum absolute atomic E-state index is 0.0114. The van der Waals surface area contributed by atoms with Gasteiger partial charge in [0.1, 0.15) is 0 Å². The Labute approximate surface area is 181 Å². The average Bonchev–Trinajstić information content (AvgIpc) is 3.35. The second-order valence-electron chi connectivity index (χ2n) is 10.9. The number of amides is 2. The molecule has 5 nitrogen and oxygen atoms in total. The SMILES string of the molecule is CCNC(=O)N[C@@H]1CC[C@@]2(C)C(CCC3C2CC[C@]2(C)C(n4ccnc4)=CCC32)C1. The molecule has 0 aromatic carbocycles. The summed E-state index contributed by atoms with van der Waals surface area (Å²) in [4.78, 5) is 16.3. The highest BCUT2D eigenvalue weighted by Crippen LogP contribution is 2.66. The molecule has 1 aromatic heterocycles. The Morgan fingerprint density at radius 2 is 2.07 bits per heavy atom. The van der Waals surface area contributed by atoms with E-state index in [1.54, 1.807) is 0 Å². The first-order valence-corrected chi connectivity index (χ1v) is 12.2. The predicted molar refractivity (Wildman–Crippen MR) is 120 cm³/mol. The number of fused-ring (bicyclic) bond motifs is 5. The van der Waals surface area contributed by atoms with Crippen LogP contribution in [0.1, 0.15) is 72.1 Å². The molecule has 5 rings (SSSR count). The smallest absolute Gasteiger partial charge is 0.314 e. The van der Waals surface area contributed by atoms with Crippen LogP contribution in [-0.2, 0) is 0 Å². The molecule has 0 radical (unpaired) electrons. The third-order valence-electron chi connectivity index (χ3n) is 9.66. The first-order valence-electron chi connectivity index (χ1n) is 12.2. The molecular weight excluding hydrogens is 372 g/mol. The van der Waals surface area contributed by atoms with Crippen LogP contribution in [0.4, 0.5) is 4.79 Å². The Kier molecular flexibility index (Phi) is 4.98. The highest BCUT2D eigenvalue weighted by Gasteiger charge is 2.58. The molecule has 0 spiro atoms. The lowest BCUT2D eigenvalue weighted by Gasteiger charge is -2.61. The van der Waals surface area contributed by atoms with Crippen LogP contribution in [0, 0.1) is 34.5 Å². The Morgan fingerprint density at radius 3 is 2.83 bits per heavy atom. The van der Waals surface area contributed by atoms with Crippen LogP contribution < -0.4 is 10.6 Å². The quantitative estimate of drug-likeness (QED) is 0.731. The summed E-state index contributed by atoms with van der Waals surface area (Å²) in [5.41, 5.74) is 2.23. The van der Waals surface area contributed by atoms with E-state index in [2.05, 4.69) is 46.3 Å². The number of urea groups is 1. The standard InChI is InChI=1S/C25H38N4O/c1-4-27-23(30)28-18-9-11-24(2)17(15-18)5-6-19-20-7-8-22(29-14-13-26-16-29)25(20,3)12-10-21(19)24/h8,13-14,16-21H,4-7,9-12,15H2,1-3H3,(H2,27,28,30)/t17?,18-,19?,20?,21?,24+,25+/m1/s1. The largest absolute Gasteiger partial charge is 0.338 e. The zero-order valence-corrected chi connectivity index (χ0v) is 18.9. The third kappa shape index (κ3) is 3.03. The van der Waals surface area contributed by atoms with Crippen molar-refractivity contribution in [1.29, 1.82) is 0 Å². The van der Waals surface area contributed by atoms with Crippen molar-refractivity contribution in [3.05, 3.63) is 24.8 Å². The summed E-state index contributed by atoms with van der Waals surface area (Å²) in [6.07, 6.45) is 18.7. The summed E-state index contributed by atoms with van der Waals surface area (Å²) < 4.78 is 2.27. The molecule has 4 unspecified atom stereocenters. The van der Waals surface area contributed by atoms with Gasteiger partial charge in [-0.05, 0) is 87.4 Å². The minimum atomic E-state index is 0.0114. The number of carbonyl (C=O) groups is 1. The third-order valence-corrected chi connectivity index (χ3v) is 9.66. The van der Waals surface area contributed by atoms with E-state index in [1.165, 1.54) is 44.2 Å². The first-order chi connectivity index (χ1) is 14.5. The second-order valence-corrected chi connectivity index (χ2v) is 10.9. The molecule has 0 bridgehead atoms. The highest BCUT2D eigenvalue weighted by atomic mass is 16.2. The van der Waals surface area contributed by atoms with Gasteiger partial charge in [-0.1, -0.05) is 19.9 Å². The molecule has 3 saturated carbocycles. The van der Waals surface area contributed by atoms with Crippen molar-refractivity contribution in [3.8, 4) is 0 Å². The van der Waals surface area contributed by atoms with E-state index in [4.69, 9.17) is 0 Å². The number of aromatic nitrogens is 2. The number of nitrogens with zero attached hydrogens (tertiary/aromatic N) is 2. The van der Waals surface area contributed by atoms with Crippen LogP contribution in [0.5, 0.6) is 0 Å².